The fraction of sp³-hybridized carbons (Fsp3) is 0.125. The number of carbonyl (C=O) groups excluding carboxylic acids is 2. The Morgan fingerprint density at radius 2 is 1.11 bits per heavy atom. The lowest BCUT2D eigenvalue weighted by atomic mass is 9.84. The predicted molar refractivity (Wildman–Crippen MR) is 69.3 cm³/mol. The number of fused-ring (bicyclic) bond motifs is 2. The van der Waals surface area contributed by atoms with Crippen molar-refractivity contribution in [3.05, 3.63) is 69.8 Å². The van der Waals surface area contributed by atoms with Gasteiger partial charge < -0.3 is 0 Å². The highest BCUT2D eigenvalue weighted by atomic mass is 16.1. The molecule has 1 aliphatic carbocycles. The standard InChI is InChI=1S/C16H12O2/c17-9-11-1-3-13-7-16-6-12(10-18)2-4-14(16)8-15(13)5-11/h1-6,9-10H,7-8H2. The Hall–Kier alpha value is -2.22. The SMILES string of the molecule is O=Cc1ccc2c(c1)Cc1ccc(C=O)cc1C2. The fourth-order valence-electron chi connectivity index (χ4n) is 2.52. The van der Waals surface area contributed by atoms with Crippen LogP contribution in [0.25, 0.3) is 0 Å². The van der Waals surface area contributed by atoms with E-state index in [4.69, 9.17) is 0 Å². The van der Waals surface area contributed by atoms with E-state index in [1.54, 1.807) is 0 Å². The second-order valence-corrected chi connectivity index (χ2v) is 4.65. The Kier molecular flexibility index (Phi) is 2.56. The molecular formula is C16H12O2. The summed E-state index contributed by atoms with van der Waals surface area (Å²) in [6.45, 7) is 0. The van der Waals surface area contributed by atoms with Crippen LogP contribution < -0.4 is 0 Å². The van der Waals surface area contributed by atoms with Gasteiger partial charge in [-0.2, -0.15) is 0 Å². The first kappa shape index (κ1) is 10.9. The van der Waals surface area contributed by atoms with Crippen LogP contribution in [-0.2, 0) is 12.8 Å². The minimum absolute atomic E-state index is 0.724. The zero-order valence-electron chi connectivity index (χ0n) is 9.85. The molecule has 2 aromatic rings. The number of carbonyl (C=O) groups is 2. The summed E-state index contributed by atoms with van der Waals surface area (Å²) in [5.74, 6) is 0. The number of aldehydes is 2. The zero-order valence-corrected chi connectivity index (χ0v) is 9.85. The number of rotatable bonds is 2. The van der Waals surface area contributed by atoms with Crippen molar-refractivity contribution in [1.82, 2.24) is 0 Å². The lowest BCUT2D eigenvalue weighted by molar-refractivity contribution is 0.111. The van der Waals surface area contributed by atoms with Gasteiger partial charge in [0.25, 0.3) is 0 Å². The maximum Gasteiger partial charge on any atom is 0.150 e. The number of benzene rings is 2. The molecule has 88 valence electrons. The molecule has 1 aliphatic rings. The van der Waals surface area contributed by atoms with E-state index in [1.165, 1.54) is 22.3 Å². The van der Waals surface area contributed by atoms with Crippen molar-refractivity contribution in [1.29, 1.82) is 0 Å². The Morgan fingerprint density at radius 1 is 0.667 bits per heavy atom. The fourth-order valence-corrected chi connectivity index (χ4v) is 2.52. The first-order chi connectivity index (χ1) is 8.80. The molecule has 0 heterocycles. The molecule has 0 aliphatic heterocycles. The van der Waals surface area contributed by atoms with E-state index in [0.29, 0.717) is 0 Å². The van der Waals surface area contributed by atoms with Gasteiger partial charge in [0.1, 0.15) is 12.6 Å². The molecule has 3 rings (SSSR count). The molecule has 0 radical (unpaired) electrons. The first-order valence-corrected chi connectivity index (χ1v) is 5.94. The molecule has 0 atom stereocenters. The van der Waals surface area contributed by atoms with Crippen molar-refractivity contribution in [2.45, 2.75) is 12.8 Å². The van der Waals surface area contributed by atoms with E-state index >= 15 is 0 Å². The second-order valence-electron chi connectivity index (χ2n) is 4.65. The van der Waals surface area contributed by atoms with Gasteiger partial charge in [0.05, 0.1) is 0 Å². The van der Waals surface area contributed by atoms with Crippen LogP contribution in [0.2, 0.25) is 0 Å². The van der Waals surface area contributed by atoms with E-state index in [2.05, 4.69) is 0 Å². The average Bonchev–Trinajstić information content (AvgIpc) is 2.43. The smallest absolute Gasteiger partial charge is 0.150 e. The third-order valence-electron chi connectivity index (χ3n) is 3.49. The summed E-state index contributed by atoms with van der Waals surface area (Å²) < 4.78 is 0. The summed E-state index contributed by atoms with van der Waals surface area (Å²) in [5.41, 5.74) is 6.37. The molecule has 2 nitrogen and oxygen atoms in total. The first-order valence-electron chi connectivity index (χ1n) is 5.94. The van der Waals surface area contributed by atoms with Crippen molar-refractivity contribution in [3.8, 4) is 0 Å². The summed E-state index contributed by atoms with van der Waals surface area (Å²) in [4.78, 5) is 21.6. The van der Waals surface area contributed by atoms with Crippen LogP contribution >= 0.6 is 0 Å². The van der Waals surface area contributed by atoms with Crippen LogP contribution in [0.1, 0.15) is 43.0 Å². The molecule has 18 heavy (non-hydrogen) atoms. The van der Waals surface area contributed by atoms with E-state index in [0.717, 1.165) is 36.5 Å². The topological polar surface area (TPSA) is 34.1 Å². The second kappa shape index (κ2) is 4.22. The van der Waals surface area contributed by atoms with E-state index < -0.39 is 0 Å². The summed E-state index contributed by atoms with van der Waals surface area (Å²) in [5, 5.41) is 0. The zero-order chi connectivity index (χ0) is 12.5. The molecule has 0 bridgehead atoms. The van der Waals surface area contributed by atoms with Gasteiger partial charge in [0, 0.05) is 11.1 Å². The normalized spacial score (nSPS) is 12.4. The summed E-state index contributed by atoms with van der Waals surface area (Å²) in [6.07, 6.45) is 3.44. The average molecular weight is 236 g/mol. The van der Waals surface area contributed by atoms with Gasteiger partial charge in [-0.3, -0.25) is 9.59 Å². The summed E-state index contributed by atoms with van der Waals surface area (Å²) in [6, 6.07) is 11.6. The Labute approximate surface area is 105 Å². The van der Waals surface area contributed by atoms with E-state index in [9.17, 15) is 9.59 Å². The molecule has 0 saturated carbocycles. The van der Waals surface area contributed by atoms with Crippen LogP contribution in [0.15, 0.2) is 36.4 Å². The lowest BCUT2D eigenvalue weighted by Crippen LogP contribution is -2.08. The van der Waals surface area contributed by atoms with Crippen LogP contribution in [0, 0.1) is 0 Å². The van der Waals surface area contributed by atoms with Gasteiger partial charge in [0.15, 0.2) is 0 Å². The van der Waals surface area contributed by atoms with Crippen molar-refractivity contribution < 1.29 is 9.59 Å². The van der Waals surface area contributed by atoms with Crippen molar-refractivity contribution in [3.63, 3.8) is 0 Å². The summed E-state index contributed by atoms with van der Waals surface area (Å²) in [7, 11) is 0. The third-order valence-corrected chi connectivity index (χ3v) is 3.49. The molecule has 0 aromatic heterocycles. The van der Waals surface area contributed by atoms with E-state index in [1.807, 2.05) is 36.4 Å². The Morgan fingerprint density at radius 3 is 1.50 bits per heavy atom. The maximum atomic E-state index is 10.8. The quantitative estimate of drug-likeness (QED) is 0.641. The molecule has 0 N–H and O–H groups in total. The highest BCUT2D eigenvalue weighted by Gasteiger charge is 2.15. The Bertz CT molecular complexity index is 584. The van der Waals surface area contributed by atoms with Crippen LogP contribution in [0.3, 0.4) is 0 Å². The highest BCUT2D eigenvalue weighted by Crippen LogP contribution is 2.28. The van der Waals surface area contributed by atoms with Gasteiger partial charge >= 0.3 is 0 Å². The van der Waals surface area contributed by atoms with Gasteiger partial charge in [-0.25, -0.2) is 0 Å². The van der Waals surface area contributed by atoms with Gasteiger partial charge in [-0.05, 0) is 47.2 Å². The largest absolute Gasteiger partial charge is 0.298 e. The Balaban J connectivity index is 2.05. The van der Waals surface area contributed by atoms with Gasteiger partial charge in [-0.15, -0.1) is 0 Å². The predicted octanol–water partition coefficient (Wildman–Crippen LogP) is 2.81. The molecule has 2 aromatic carbocycles. The lowest BCUT2D eigenvalue weighted by Gasteiger charge is -2.20. The van der Waals surface area contributed by atoms with Gasteiger partial charge in [-0.1, -0.05) is 24.3 Å². The molecule has 0 spiro atoms. The molecule has 2 heteroatoms. The van der Waals surface area contributed by atoms with Gasteiger partial charge in [0.2, 0.25) is 0 Å². The maximum absolute atomic E-state index is 10.8. The number of hydrogen-bond acceptors (Lipinski definition) is 2. The molecule has 0 saturated heterocycles. The highest BCUT2D eigenvalue weighted by molar-refractivity contribution is 5.77. The molecular weight excluding hydrogens is 224 g/mol. The molecule has 0 amide bonds. The monoisotopic (exact) mass is 236 g/mol. The minimum Gasteiger partial charge on any atom is -0.298 e. The molecule has 0 unspecified atom stereocenters. The minimum atomic E-state index is 0.724. The van der Waals surface area contributed by atoms with Crippen molar-refractivity contribution in [2.24, 2.45) is 0 Å². The molecule has 0 fully saturated rings. The van der Waals surface area contributed by atoms with Crippen molar-refractivity contribution in [2.75, 3.05) is 0 Å². The van der Waals surface area contributed by atoms with Crippen LogP contribution in [0.5, 0.6) is 0 Å². The summed E-state index contributed by atoms with van der Waals surface area (Å²) >= 11 is 0. The van der Waals surface area contributed by atoms with Crippen LogP contribution in [0.4, 0.5) is 0 Å². The number of hydrogen-bond donors (Lipinski definition) is 0. The van der Waals surface area contributed by atoms with Crippen molar-refractivity contribution >= 4 is 12.6 Å². The van der Waals surface area contributed by atoms with E-state index in [-0.39, 0.29) is 0 Å². The third kappa shape index (κ3) is 1.76. The van der Waals surface area contributed by atoms with Crippen LogP contribution in [-0.4, -0.2) is 12.6 Å².